The first kappa shape index (κ1) is 16.5. The van der Waals surface area contributed by atoms with E-state index in [0.717, 1.165) is 6.42 Å². The number of rotatable bonds is 1. The molecule has 2 rings (SSSR count). The molecule has 2 heterocycles. The summed E-state index contributed by atoms with van der Waals surface area (Å²) < 4.78 is 30.6. The van der Waals surface area contributed by atoms with Crippen LogP contribution in [0.5, 0.6) is 0 Å². The van der Waals surface area contributed by atoms with Crippen molar-refractivity contribution in [2.24, 2.45) is 0 Å². The van der Waals surface area contributed by atoms with Gasteiger partial charge in [-0.2, -0.15) is 0 Å². The molecule has 2 saturated heterocycles. The van der Waals surface area contributed by atoms with Crippen LogP contribution in [0, 0.1) is 4.78 Å². The van der Waals surface area contributed by atoms with Gasteiger partial charge in [0.15, 0.2) is 0 Å². The molecular formula is C14H26N2O4S. The zero-order valence-electron chi connectivity index (χ0n) is 13.1. The Hall–Kier alpha value is -0.820. The Labute approximate surface area is 126 Å². The molecule has 0 saturated carbocycles. The molecule has 1 spiro atoms. The predicted octanol–water partition coefficient (Wildman–Crippen LogP) is 2.27. The van der Waals surface area contributed by atoms with Crippen molar-refractivity contribution in [3.05, 3.63) is 0 Å². The monoisotopic (exact) mass is 318 g/mol. The molecule has 0 aromatic carbocycles. The van der Waals surface area contributed by atoms with Gasteiger partial charge in [0, 0.05) is 33.9 Å². The van der Waals surface area contributed by atoms with Crippen molar-refractivity contribution in [3.63, 3.8) is 0 Å². The molecule has 2 fully saturated rings. The number of ether oxygens (including phenoxy) is 2. The van der Waals surface area contributed by atoms with Crippen LogP contribution in [0.1, 0.15) is 46.5 Å². The van der Waals surface area contributed by atoms with Crippen molar-refractivity contribution in [2.75, 3.05) is 18.1 Å². The average Bonchev–Trinajstić information content (AvgIpc) is 2.32. The first-order valence-electron chi connectivity index (χ1n) is 7.47. The second kappa shape index (κ2) is 5.76. The van der Waals surface area contributed by atoms with Gasteiger partial charge in [-0.25, -0.2) is 9.00 Å². The SMILES string of the molecule is CC(C)(C)OC(=O)NC1CCOC2(CCS(=N)(=O)CC2)C1. The van der Waals surface area contributed by atoms with Gasteiger partial charge in [-0.15, -0.1) is 0 Å². The summed E-state index contributed by atoms with van der Waals surface area (Å²) in [5, 5.41) is 2.91. The summed E-state index contributed by atoms with van der Waals surface area (Å²) in [4.78, 5) is 11.9. The largest absolute Gasteiger partial charge is 0.444 e. The molecule has 0 bridgehead atoms. The van der Waals surface area contributed by atoms with Gasteiger partial charge >= 0.3 is 6.09 Å². The summed E-state index contributed by atoms with van der Waals surface area (Å²) in [5.74, 6) is 0.790. The van der Waals surface area contributed by atoms with Crippen molar-refractivity contribution < 1.29 is 18.5 Å². The summed E-state index contributed by atoms with van der Waals surface area (Å²) in [6, 6.07) is 0.0217. The van der Waals surface area contributed by atoms with Crippen LogP contribution >= 0.6 is 0 Å². The van der Waals surface area contributed by atoms with Crippen molar-refractivity contribution in [2.45, 2.75) is 63.7 Å². The van der Waals surface area contributed by atoms with E-state index in [9.17, 15) is 9.00 Å². The van der Waals surface area contributed by atoms with E-state index in [1.807, 2.05) is 20.8 Å². The van der Waals surface area contributed by atoms with Gasteiger partial charge in [-0.3, -0.25) is 4.78 Å². The zero-order valence-corrected chi connectivity index (χ0v) is 13.9. The van der Waals surface area contributed by atoms with E-state index in [1.54, 1.807) is 0 Å². The lowest BCUT2D eigenvalue weighted by Crippen LogP contribution is -2.52. The standard InChI is InChI=1S/C14H26N2O4S/c1-13(2,3)20-12(17)16-11-4-7-19-14(10-11)5-8-21(15,18)9-6-14/h11,15H,4-10H2,1-3H3,(H,16,17). The van der Waals surface area contributed by atoms with Crippen molar-refractivity contribution in [3.8, 4) is 0 Å². The molecule has 1 unspecified atom stereocenters. The maximum Gasteiger partial charge on any atom is 0.407 e. The second-order valence-electron chi connectivity index (χ2n) is 7.09. The molecule has 1 atom stereocenters. The number of alkyl carbamates (subject to hydrolysis) is 1. The van der Waals surface area contributed by atoms with Gasteiger partial charge in [-0.1, -0.05) is 0 Å². The molecule has 2 aliphatic heterocycles. The fourth-order valence-electron chi connectivity index (χ4n) is 2.90. The van der Waals surface area contributed by atoms with E-state index in [2.05, 4.69) is 5.32 Å². The minimum absolute atomic E-state index is 0.0217. The summed E-state index contributed by atoms with van der Waals surface area (Å²) in [7, 11) is -2.41. The normalized spacial score (nSPS) is 37.2. The third kappa shape index (κ3) is 4.85. The van der Waals surface area contributed by atoms with E-state index in [0.29, 0.717) is 37.4 Å². The molecule has 1 amide bonds. The van der Waals surface area contributed by atoms with E-state index in [1.165, 1.54) is 0 Å². The maximum atomic E-state index is 11.9. The minimum Gasteiger partial charge on any atom is -0.444 e. The molecule has 0 aromatic heterocycles. The first-order valence-corrected chi connectivity index (χ1v) is 9.37. The van der Waals surface area contributed by atoms with Crippen LogP contribution in [0.25, 0.3) is 0 Å². The molecule has 21 heavy (non-hydrogen) atoms. The van der Waals surface area contributed by atoms with Crippen LogP contribution in [0.2, 0.25) is 0 Å². The zero-order chi connectivity index (χ0) is 15.7. The molecule has 122 valence electrons. The molecule has 0 aliphatic carbocycles. The van der Waals surface area contributed by atoms with Gasteiger partial charge in [0.05, 0.1) is 5.60 Å². The predicted molar refractivity (Wildman–Crippen MR) is 80.9 cm³/mol. The number of nitrogens with one attached hydrogen (secondary N) is 2. The number of amides is 1. The van der Waals surface area contributed by atoms with Crippen molar-refractivity contribution in [1.82, 2.24) is 5.32 Å². The number of carbonyl (C=O) groups is 1. The molecule has 6 nitrogen and oxygen atoms in total. The third-order valence-electron chi connectivity index (χ3n) is 3.99. The van der Waals surface area contributed by atoms with Gasteiger partial charge in [0.2, 0.25) is 0 Å². The summed E-state index contributed by atoms with van der Waals surface area (Å²) in [6.07, 6.45) is 2.35. The Bertz CT molecular complexity index is 482. The smallest absolute Gasteiger partial charge is 0.407 e. The quantitative estimate of drug-likeness (QED) is 0.776. The molecule has 2 aliphatic rings. The van der Waals surface area contributed by atoms with Gasteiger partial charge in [-0.05, 0) is 46.5 Å². The Morgan fingerprint density at radius 1 is 1.38 bits per heavy atom. The highest BCUT2D eigenvalue weighted by Crippen LogP contribution is 2.36. The molecule has 0 aromatic rings. The summed E-state index contributed by atoms with van der Waals surface area (Å²) >= 11 is 0. The Balaban J connectivity index is 1.91. The molecule has 0 radical (unpaired) electrons. The maximum absolute atomic E-state index is 11.9. The summed E-state index contributed by atoms with van der Waals surface area (Å²) in [6.45, 7) is 6.10. The topological polar surface area (TPSA) is 88.5 Å². The fourth-order valence-corrected chi connectivity index (χ4v) is 4.51. The van der Waals surface area contributed by atoms with Crippen LogP contribution in [-0.4, -0.2) is 45.7 Å². The third-order valence-corrected chi connectivity index (χ3v) is 5.72. The highest BCUT2D eigenvalue weighted by atomic mass is 32.2. The number of hydrogen-bond donors (Lipinski definition) is 2. The van der Waals surface area contributed by atoms with Crippen molar-refractivity contribution in [1.29, 1.82) is 4.78 Å². The van der Waals surface area contributed by atoms with Crippen LogP contribution in [0.15, 0.2) is 0 Å². The Kier molecular flexibility index (Phi) is 4.54. The van der Waals surface area contributed by atoms with E-state index < -0.39 is 21.4 Å². The van der Waals surface area contributed by atoms with Gasteiger partial charge < -0.3 is 14.8 Å². The van der Waals surface area contributed by atoms with Crippen LogP contribution in [0.3, 0.4) is 0 Å². The Morgan fingerprint density at radius 2 is 2.00 bits per heavy atom. The second-order valence-corrected chi connectivity index (χ2v) is 9.53. The summed E-state index contributed by atoms with van der Waals surface area (Å²) in [5.41, 5.74) is -0.825. The fraction of sp³-hybridized carbons (Fsp3) is 0.929. The minimum atomic E-state index is -2.41. The highest BCUT2D eigenvalue weighted by Gasteiger charge is 2.41. The van der Waals surface area contributed by atoms with E-state index in [-0.39, 0.29) is 11.6 Å². The lowest BCUT2D eigenvalue weighted by molar-refractivity contribution is -0.0936. The van der Waals surface area contributed by atoms with E-state index in [4.69, 9.17) is 14.3 Å². The molecular weight excluding hydrogens is 292 g/mol. The lowest BCUT2D eigenvalue weighted by Gasteiger charge is -2.43. The first-order chi connectivity index (χ1) is 9.59. The highest BCUT2D eigenvalue weighted by molar-refractivity contribution is 7.92. The van der Waals surface area contributed by atoms with Crippen LogP contribution in [-0.2, 0) is 19.2 Å². The molecule has 2 N–H and O–H groups in total. The number of hydrogen-bond acceptors (Lipinski definition) is 5. The van der Waals surface area contributed by atoms with Gasteiger partial charge in [0.25, 0.3) is 0 Å². The molecule has 7 heteroatoms. The van der Waals surface area contributed by atoms with Crippen LogP contribution < -0.4 is 5.32 Å². The number of carbonyl (C=O) groups excluding carboxylic acids is 1. The Morgan fingerprint density at radius 3 is 2.57 bits per heavy atom. The average molecular weight is 318 g/mol. The van der Waals surface area contributed by atoms with Crippen molar-refractivity contribution >= 4 is 15.8 Å². The van der Waals surface area contributed by atoms with E-state index >= 15 is 0 Å². The lowest BCUT2D eigenvalue weighted by atomic mass is 9.85. The van der Waals surface area contributed by atoms with Crippen LogP contribution in [0.4, 0.5) is 4.79 Å². The van der Waals surface area contributed by atoms with Gasteiger partial charge in [0.1, 0.15) is 5.60 Å².